The van der Waals surface area contributed by atoms with E-state index in [9.17, 15) is 9.59 Å². The number of ether oxygens (including phenoxy) is 2. The Bertz CT molecular complexity index is 739. The molecule has 1 aromatic carbocycles. The predicted octanol–water partition coefficient (Wildman–Crippen LogP) is 3.92. The second-order valence-electron chi connectivity index (χ2n) is 4.85. The van der Waals surface area contributed by atoms with E-state index in [-0.39, 0.29) is 17.8 Å². The van der Waals surface area contributed by atoms with E-state index in [1.807, 2.05) is 6.92 Å². The van der Waals surface area contributed by atoms with Gasteiger partial charge in [0.2, 0.25) is 0 Å². The summed E-state index contributed by atoms with van der Waals surface area (Å²) in [6.07, 6.45) is 7.59. The van der Waals surface area contributed by atoms with E-state index in [1.54, 1.807) is 18.2 Å². The van der Waals surface area contributed by atoms with Gasteiger partial charge < -0.3 is 9.47 Å². The maximum Gasteiger partial charge on any atom is 0.293 e. The van der Waals surface area contributed by atoms with Crippen LogP contribution in [-0.2, 0) is 4.79 Å². The number of nitrogens with zero attached hydrogens (tertiary/aromatic N) is 1. The molecule has 7 heteroatoms. The molecule has 0 saturated carbocycles. The van der Waals surface area contributed by atoms with Crippen LogP contribution in [0.1, 0.15) is 18.9 Å². The molecule has 0 atom stereocenters. The summed E-state index contributed by atoms with van der Waals surface area (Å²) in [6, 6.07) is 3.45. The van der Waals surface area contributed by atoms with Crippen LogP contribution in [0.15, 0.2) is 21.5 Å². The maximum atomic E-state index is 12.3. The molecule has 2 rings (SSSR count). The number of carbonyl (C=O) groups is 2. The molecule has 0 radical (unpaired) electrons. The first-order chi connectivity index (χ1) is 11.5. The molecule has 24 heavy (non-hydrogen) atoms. The predicted molar refractivity (Wildman–Crippen MR) is 98.0 cm³/mol. The Hall–Kier alpha value is -1.91. The van der Waals surface area contributed by atoms with Crippen molar-refractivity contribution < 1.29 is 19.1 Å². The van der Waals surface area contributed by atoms with E-state index in [1.165, 1.54) is 12.0 Å². The second kappa shape index (κ2) is 8.27. The van der Waals surface area contributed by atoms with Crippen LogP contribution in [0.2, 0.25) is 0 Å². The highest BCUT2D eigenvalue weighted by molar-refractivity contribution is 9.10. The van der Waals surface area contributed by atoms with Crippen LogP contribution in [0.5, 0.6) is 11.5 Å². The van der Waals surface area contributed by atoms with Gasteiger partial charge in [-0.05, 0) is 42.0 Å². The monoisotopic (exact) mass is 409 g/mol. The molecule has 1 fully saturated rings. The first-order valence-corrected chi connectivity index (χ1v) is 8.81. The lowest BCUT2D eigenvalue weighted by Crippen LogP contribution is -2.28. The molecule has 1 saturated heterocycles. The molecule has 0 aromatic heterocycles. The Morgan fingerprint density at radius 1 is 1.38 bits per heavy atom. The average molecular weight is 410 g/mol. The van der Waals surface area contributed by atoms with Gasteiger partial charge >= 0.3 is 0 Å². The molecule has 2 amide bonds. The van der Waals surface area contributed by atoms with Gasteiger partial charge in [0.25, 0.3) is 11.1 Å². The van der Waals surface area contributed by atoms with Gasteiger partial charge in [-0.3, -0.25) is 14.5 Å². The van der Waals surface area contributed by atoms with Gasteiger partial charge in [0.15, 0.2) is 11.5 Å². The zero-order valence-electron chi connectivity index (χ0n) is 13.3. The number of terminal acetylenes is 1. The largest absolute Gasteiger partial charge is 0.493 e. The Kier molecular flexibility index (Phi) is 6.35. The number of methoxy groups -OCH3 is 1. The van der Waals surface area contributed by atoms with Gasteiger partial charge in [-0.15, -0.1) is 6.42 Å². The molecule has 1 aliphatic heterocycles. The quantitative estimate of drug-likeness (QED) is 0.526. The van der Waals surface area contributed by atoms with Crippen molar-refractivity contribution in [2.24, 2.45) is 0 Å². The van der Waals surface area contributed by atoms with Crippen LogP contribution in [-0.4, -0.2) is 36.3 Å². The zero-order chi connectivity index (χ0) is 17.7. The number of amides is 2. The average Bonchev–Trinajstić information content (AvgIpc) is 2.82. The van der Waals surface area contributed by atoms with Gasteiger partial charge in [-0.2, -0.15) is 0 Å². The van der Waals surface area contributed by atoms with E-state index in [2.05, 4.69) is 21.9 Å². The van der Waals surface area contributed by atoms with Crippen molar-refractivity contribution >= 4 is 44.9 Å². The third kappa shape index (κ3) is 3.94. The number of thioether (sulfide) groups is 1. The standard InChI is InChI=1S/C17H16BrNO4S/c1-4-6-19-16(20)15(24-17(19)21)9-11-8-13(22-3)14(10-12(11)18)23-7-5-2/h2,8-10H,4,6-7H2,1,3H3/b15-9+. The summed E-state index contributed by atoms with van der Waals surface area (Å²) in [5.41, 5.74) is 0.710. The third-order valence-corrected chi connectivity index (χ3v) is 4.80. The molecule has 0 unspecified atom stereocenters. The molecule has 0 bridgehead atoms. The van der Waals surface area contributed by atoms with Gasteiger partial charge in [0, 0.05) is 11.0 Å². The van der Waals surface area contributed by atoms with E-state index < -0.39 is 0 Å². The third-order valence-electron chi connectivity index (χ3n) is 3.20. The fraction of sp³-hybridized carbons (Fsp3) is 0.294. The fourth-order valence-electron chi connectivity index (χ4n) is 2.11. The minimum atomic E-state index is -0.273. The SMILES string of the molecule is C#CCOc1cc(Br)c(/C=C2/SC(=O)N(CCC)C2=O)cc1OC. The summed E-state index contributed by atoms with van der Waals surface area (Å²) >= 11 is 4.38. The molecule has 1 aliphatic rings. The van der Waals surface area contributed by atoms with Gasteiger partial charge in [0.05, 0.1) is 12.0 Å². The van der Waals surface area contributed by atoms with Crippen molar-refractivity contribution in [1.29, 1.82) is 0 Å². The Morgan fingerprint density at radius 2 is 2.12 bits per heavy atom. The minimum Gasteiger partial charge on any atom is -0.493 e. The number of benzene rings is 1. The lowest BCUT2D eigenvalue weighted by Gasteiger charge is -2.11. The van der Waals surface area contributed by atoms with Crippen LogP contribution < -0.4 is 9.47 Å². The van der Waals surface area contributed by atoms with Crippen LogP contribution in [0, 0.1) is 12.3 Å². The second-order valence-corrected chi connectivity index (χ2v) is 6.70. The molecule has 0 N–H and O–H groups in total. The van der Waals surface area contributed by atoms with Crippen LogP contribution in [0.3, 0.4) is 0 Å². The Labute approximate surface area is 153 Å². The normalized spacial score (nSPS) is 15.8. The summed E-state index contributed by atoms with van der Waals surface area (Å²) in [7, 11) is 1.52. The van der Waals surface area contributed by atoms with Crippen molar-refractivity contribution in [3.8, 4) is 23.8 Å². The van der Waals surface area contributed by atoms with E-state index >= 15 is 0 Å². The van der Waals surface area contributed by atoms with Gasteiger partial charge in [-0.1, -0.05) is 28.8 Å². The molecule has 0 spiro atoms. The highest BCUT2D eigenvalue weighted by Gasteiger charge is 2.34. The smallest absolute Gasteiger partial charge is 0.293 e. The van der Waals surface area contributed by atoms with E-state index in [0.29, 0.717) is 33.0 Å². The maximum absolute atomic E-state index is 12.3. The van der Waals surface area contributed by atoms with Gasteiger partial charge in [0.1, 0.15) is 6.61 Å². The van der Waals surface area contributed by atoms with Crippen LogP contribution in [0.25, 0.3) is 6.08 Å². The number of halogens is 1. The fourth-order valence-corrected chi connectivity index (χ4v) is 3.40. The number of hydrogen-bond acceptors (Lipinski definition) is 5. The van der Waals surface area contributed by atoms with E-state index in [0.717, 1.165) is 18.2 Å². The first-order valence-electron chi connectivity index (χ1n) is 7.21. The van der Waals surface area contributed by atoms with Crippen molar-refractivity contribution in [3.63, 3.8) is 0 Å². The van der Waals surface area contributed by atoms with Crippen LogP contribution in [0.4, 0.5) is 4.79 Å². The molecule has 126 valence electrons. The first kappa shape index (κ1) is 18.4. The summed E-state index contributed by atoms with van der Waals surface area (Å²) in [6.45, 7) is 2.47. The number of rotatable bonds is 6. The molecule has 1 aromatic rings. The summed E-state index contributed by atoms with van der Waals surface area (Å²) in [5.74, 6) is 3.11. The zero-order valence-corrected chi connectivity index (χ0v) is 15.7. The summed E-state index contributed by atoms with van der Waals surface area (Å²) < 4.78 is 11.4. The highest BCUT2D eigenvalue weighted by Crippen LogP contribution is 2.38. The molecular weight excluding hydrogens is 394 g/mol. The molecular formula is C17H16BrNO4S. The molecule has 1 heterocycles. The topological polar surface area (TPSA) is 55.8 Å². The van der Waals surface area contributed by atoms with Crippen LogP contribution >= 0.6 is 27.7 Å². The van der Waals surface area contributed by atoms with Crippen molar-refractivity contribution in [2.75, 3.05) is 20.3 Å². The van der Waals surface area contributed by atoms with E-state index in [4.69, 9.17) is 15.9 Å². The van der Waals surface area contributed by atoms with Crippen molar-refractivity contribution in [2.45, 2.75) is 13.3 Å². The van der Waals surface area contributed by atoms with Crippen molar-refractivity contribution in [1.82, 2.24) is 4.90 Å². The lowest BCUT2D eigenvalue weighted by molar-refractivity contribution is -0.122. The Morgan fingerprint density at radius 3 is 2.75 bits per heavy atom. The Balaban J connectivity index is 2.34. The lowest BCUT2D eigenvalue weighted by atomic mass is 10.2. The number of hydrogen-bond donors (Lipinski definition) is 0. The minimum absolute atomic E-state index is 0.123. The number of imide groups is 1. The molecule has 0 aliphatic carbocycles. The summed E-state index contributed by atoms with van der Waals surface area (Å²) in [5, 5.41) is -0.245. The number of carbonyl (C=O) groups excluding carboxylic acids is 2. The van der Waals surface area contributed by atoms with Crippen molar-refractivity contribution in [3.05, 3.63) is 27.1 Å². The summed E-state index contributed by atoms with van der Waals surface area (Å²) in [4.78, 5) is 25.9. The van der Waals surface area contributed by atoms with Gasteiger partial charge in [-0.25, -0.2) is 0 Å². The molecule has 5 nitrogen and oxygen atoms in total. The highest BCUT2D eigenvalue weighted by atomic mass is 79.9.